The van der Waals surface area contributed by atoms with E-state index >= 15 is 0 Å². The van der Waals surface area contributed by atoms with E-state index in [1.165, 1.54) is 12.3 Å². The smallest absolute Gasteiger partial charge is 0.281 e. The van der Waals surface area contributed by atoms with Gasteiger partial charge in [-0.05, 0) is 42.0 Å². The molecule has 0 spiro atoms. The van der Waals surface area contributed by atoms with Crippen LogP contribution in [0.15, 0.2) is 73.1 Å². The molecule has 0 atom stereocenters. The Morgan fingerprint density at radius 1 is 1.11 bits per heavy atom. The van der Waals surface area contributed by atoms with Crippen LogP contribution in [0.5, 0.6) is 0 Å². The second kappa shape index (κ2) is 8.94. The highest BCUT2D eigenvalue weighted by molar-refractivity contribution is 9.10. The van der Waals surface area contributed by atoms with Crippen LogP contribution in [0, 0.1) is 10.1 Å². The summed E-state index contributed by atoms with van der Waals surface area (Å²) in [5.74, 6) is 0.423. The second-order valence-corrected chi connectivity index (χ2v) is 7.55. The number of hydrazone groups is 1. The molecule has 0 aliphatic rings. The molecule has 2 aromatic carbocycles. The Labute approximate surface area is 176 Å². The Bertz CT molecular complexity index is 1050. The number of nitrogens with zero attached hydrogens (tertiary/aromatic N) is 2. The van der Waals surface area contributed by atoms with Crippen molar-refractivity contribution in [3.8, 4) is 11.3 Å². The van der Waals surface area contributed by atoms with E-state index in [1.807, 2.05) is 24.3 Å². The fraction of sp³-hybridized carbons (Fsp3) is 0.0526. The minimum atomic E-state index is -0.473. The largest absolute Gasteiger partial charge is 0.455 e. The highest BCUT2D eigenvalue weighted by atomic mass is 79.9. The average molecular weight is 507 g/mol. The Morgan fingerprint density at radius 2 is 1.82 bits per heavy atom. The Hall–Kier alpha value is -2.78. The van der Waals surface area contributed by atoms with Crippen LogP contribution in [0.2, 0.25) is 0 Å². The molecule has 3 aromatic rings. The van der Waals surface area contributed by atoms with E-state index in [0.717, 1.165) is 10.0 Å². The molecular formula is C19H13Br2N3O4. The number of furan rings is 1. The summed E-state index contributed by atoms with van der Waals surface area (Å²) in [6, 6.07) is 15.3. The number of nitro benzene ring substituents is 1. The maximum Gasteiger partial charge on any atom is 0.281 e. The molecule has 1 amide bonds. The molecule has 0 saturated heterocycles. The third-order valence-corrected chi connectivity index (χ3v) is 4.73. The van der Waals surface area contributed by atoms with Crippen LogP contribution in [0.25, 0.3) is 11.3 Å². The summed E-state index contributed by atoms with van der Waals surface area (Å²) < 4.78 is 7.13. The molecule has 1 heterocycles. The summed E-state index contributed by atoms with van der Waals surface area (Å²) in [6.07, 6.45) is 1.53. The molecule has 3 rings (SSSR count). The molecule has 7 nitrogen and oxygen atoms in total. The molecule has 0 unspecified atom stereocenters. The number of hydrogen-bond donors (Lipinski definition) is 1. The molecule has 0 fully saturated rings. The normalized spacial score (nSPS) is 10.9. The lowest BCUT2D eigenvalue weighted by atomic mass is 10.1. The van der Waals surface area contributed by atoms with Crippen molar-refractivity contribution in [2.24, 2.45) is 5.10 Å². The van der Waals surface area contributed by atoms with Gasteiger partial charge in [-0.3, -0.25) is 14.9 Å². The lowest BCUT2D eigenvalue weighted by molar-refractivity contribution is -0.384. The number of carbonyl (C=O) groups excluding carboxylic acids is 1. The molecular weight excluding hydrogens is 494 g/mol. The van der Waals surface area contributed by atoms with Gasteiger partial charge in [0.25, 0.3) is 5.69 Å². The first-order chi connectivity index (χ1) is 13.4. The van der Waals surface area contributed by atoms with Gasteiger partial charge in [0.1, 0.15) is 11.5 Å². The molecule has 142 valence electrons. The highest BCUT2D eigenvalue weighted by Crippen LogP contribution is 2.33. The van der Waals surface area contributed by atoms with Crippen LogP contribution >= 0.6 is 31.9 Å². The number of nitro groups is 1. The lowest BCUT2D eigenvalue weighted by Crippen LogP contribution is -2.19. The van der Waals surface area contributed by atoms with Crippen molar-refractivity contribution in [1.82, 2.24) is 5.43 Å². The maximum absolute atomic E-state index is 11.9. The van der Waals surface area contributed by atoms with Crippen molar-refractivity contribution < 1.29 is 14.1 Å². The molecule has 28 heavy (non-hydrogen) atoms. The van der Waals surface area contributed by atoms with E-state index in [4.69, 9.17) is 4.42 Å². The van der Waals surface area contributed by atoms with Crippen molar-refractivity contribution >= 4 is 49.7 Å². The van der Waals surface area contributed by atoms with Gasteiger partial charge in [0.05, 0.1) is 23.1 Å². The molecule has 9 heteroatoms. The predicted molar refractivity (Wildman–Crippen MR) is 112 cm³/mol. The number of rotatable bonds is 6. The summed E-state index contributed by atoms with van der Waals surface area (Å²) in [4.78, 5) is 22.7. The maximum atomic E-state index is 11.9. The van der Waals surface area contributed by atoms with Gasteiger partial charge in [-0.15, -0.1) is 0 Å². The first-order valence-electron chi connectivity index (χ1n) is 8.03. The predicted octanol–water partition coefficient (Wildman–Crippen LogP) is 5.07. The molecule has 0 bridgehead atoms. The Morgan fingerprint density at radius 3 is 2.54 bits per heavy atom. The van der Waals surface area contributed by atoms with E-state index in [1.54, 1.807) is 24.3 Å². The van der Waals surface area contributed by atoms with Crippen molar-refractivity contribution in [2.75, 3.05) is 0 Å². The van der Waals surface area contributed by atoms with Crippen LogP contribution in [0.4, 0.5) is 5.69 Å². The van der Waals surface area contributed by atoms with Crippen molar-refractivity contribution in [3.63, 3.8) is 0 Å². The van der Waals surface area contributed by atoms with Crippen LogP contribution in [-0.2, 0) is 11.2 Å². The van der Waals surface area contributed by atoms with Crippen LogP contribution in [0.1, 0.15) is 11.3 Å². The minimum Gasteiger partial charge on any atom is -0.455 e. The monoisotopic (exact) mass is 505 g/mol. The van der Waals surface area contributed by atoms with E-state index in [-0.39, 0.29) is 18.0 Å². The Balaban J connectivity index is 1.65. The van der Waals surface area contributed by atoms with E-state index in [0.29, 0.717) is 21.6 Å². The summed E-state index contributed by atoms with van der Waals surface area (Å²) in [5.41, 5.74) is 3.56. The van der Waals surface area contributed by atoms with Crippen LogP contribution in [0.3, 0.4) is 0 Å². The fourth-order valence-corrected chi connectivity index (χ4v) is 3.04. The molecule has 1 aromatic heterocycles. The SMILES string of the molecule is O=C(Cc1ccc(Br)cc1)NN=Cc1ccc(-c2ccc(Br)cc2[N+](=O)[O-])o1. The first-order valence-corrected chi connectivity index (χ1v) is 9.61. The number of nitrogens with one attached hydrogen (secondary N) is 1. The molecule has 1 N–H and O–H groups in total. The number of carbonyl (C=O) groups is 1. The summed E-state index contributed by atoms with van der Waals surface area (Å²) in [7, 11) is 0. The second-order valence-electron chi connectivity index (χ2n) is 5.72. The molecule has 0 radical (unpaired) electrons. The van der Waals surface area contributed by atoms with Crippen LogP contribution in [-0.4, -0.2) is 17.0 Å². The van der Waals surface area contributed by atoms with Gasteiger partial charge < -0.3 is 4.42 Å². The summed E-state index contributed by atoms with van der Waals surface area (Å²) >= 11 is 6.56. The van der Waals surface area contributed by atoms with E-state index < -0.39 is 4.92 Å². The van der Waals surface area contributed by atoms with Crippen molar-refractivity contribution in [1.29, 1.82) is 0 Å². The van der Waals surface area contributed by atoms with Crippen molar-refractivity contribution in [3.05, 3.63) is 85.0 Å². The third-order valence-electron chi connectivity index (χ3n) is 3.71. The van der Waals surface area contributed by atoms with Gasteiger partial charge in [0.2, 0.25) is 5.91 Å². The number of hydrogen-bond acceptors (Lipinski definition) is 5. The first kappa shape index (κ1) is 20.0. The number of halogens is 2. The zero-order valence-corrected chi connectivity index (χ0v) is 17.4. The van der Waals surface area contributed by atoms with Gasteiger partial charge in [0.15, 0.2) is 0 Å². The van der Waals surface area contributed by atoms with Crippen LogP contribution < -0.4 is 5.43 Å². The number of amides is 1. The summed E-state index contributed by atoms with van der Waals surface area (Å²) in [5, 5.41) is 15.1. The van der Waals surface area contributed by atoms with Crippen molar-refractivity contribution in [2.45, 2.75) is 6.42 Å². The standard InChI is InChI=1S/C19H13Br2N3O4/c20-13-3-1-12(2-4-13)9-19(25)23-22-11-15-6-8-18(28-15)16-7-5-14(21)10-17(16)24(26)27/h1-8,10-11H,9H2,(H,23,25). The van der Waals surface area contributed by atoms with Gasteiger partial charge in [-0.2, -0.15) is 5.10 Å². The van der Waals surface area contributed by atoms with Gasteiger partial charge in [-0.1, -0.05) is 44.0 Å². The quantitative estimate of drug-likeness (QED) is 0.286. The fourth-order valence-electron chi connectivity index (χ4n) is 2.43. The average Bonchev–Trinajstić information content (AvgIpc) is 3.12. The van der Waals surface area contributed by atoms with Gasteiger partial charge in [0, 0.05) is 15.0 Å². The topological polar surface area (TPSA) is 97.7 Å². The highest BCUT2D eigenvalue weighted by Gasteiger charge is 2.18. The number of benzene rings is 2. The third kappa shape index (κ3) is 5.14. The van der Waals surface area contributed by atoms with Gasteiger partial charge in [-0.25, -0.2) is 5.43 Å². The Kier molecular flexibility index (Phi) is 6.37. The van der Waals surface area contributed by atoms with E-state index in [2.05, 4.69) is 42.4 Å². The molecule has 0 saturated carbocycles. The molecule has 0 aliphatic heterocycles. The molecule has 0 aliphatic carbocycles. The van der Waals surface area contributed by atoms with Gasteiger partial charge >= 0.3 is 0 Å². The van der Waals surface area contributed by atoms with E-state index in [9.17, 15) is 14.9 Å². The summed E-state index contributed by atoms with van der Waals surface area (Å²) in [6.45, 7) is 0. The minimum absolute atomic E-state index is 0.0741. The lowest BCUT2D eigenvalue weighted by Gasteiger charge is -2.01. The zero-order chi connectivity index (χ0) is 20.1. The zero-order valence-electron chi connectivity index (χ0n) is 14.3.